The van der Waals surface area contributed by atoms with Crippen LogP contribution in [0.2, 0.25) is 0 Å². The summed E-state index contributed by atoms with van der Waals surface area (Å²) in [7, 11) is 0. The average Bonchev–Trinajstić information content (AvgIpc) is 2.81. The molecule has 1 aliphatic heterocycles. The highest BCUT2D eigenvalue weighted by Crippen LogP contribution is 2.13. The van der Waals surface area contributed by atoms with Gasteiger partial charge in [-0.2, -0.15) is 0 Å². The first-order chi connectivity index (χ1) is 9.08. The standard InChI is InChI=1S/C13H21N3O3/c1-4-11-8-16(7-10(3)18-11)13(17)14-6-12-5-9(2)15-19-12/h5,10-11H,4,6-8H2,1-3H3,(H,14,17). The van der Waals surface area contributed by atoms with Gasteiger partial charge < -0.3 is 19.5 Å². The van der Waals surface area contributed by atoms with E-state index in [0.717, 1.165) is 12.1 Å². The molecule has 0 radical (unpaired) electrons. The molecule has 1 aromatic heterocycles. The lowest BCUT2D eigenvalue weighted by molar-refractivity contribution is -0.0646. The van der Waals surface area contributed by atoms with Crippen molar-refractivity contribution in [2.24, 2.45) is 0 Å². The smallest absolute Gasteiger partial charge is 0.317 e. The first-order valence-corrected chi connectivity index (χ1v) is 6.69. The van der Waals surface area contributed by atoms with Crippen LogP contribution in [-0.2, 0) is 11.3 Å². The first kappa shape index (κ1) is 13.9. The minimum Gasteiger partial charge on any atom is -0.372 e. The Morgan fingerprint density at radius 3 is 3.00 bits per heavy atom. The van der Waals surface area contributed by atoms with Crippen molar-refractivity contribution in [3.63, 3.8) is 0 Å². The number of aryl methyl sites for hydroxylation is 1. The van der Waals surface area contributed by atoms with Gasteiger partial charge in [0.25, 0.3) is 0 Å². The molecule has 2 amide bonds. The Kier molecular flexibility index (Phi) is 4.42. The highest BCUT2D eigenvalue weighted by Gasteiger charge is 2.27. The zero-order chi connectivity index (χ0) is 13.8. The lowest BCUT2D eigenvalue weighted by Crippen LogP contribution is -2.52. The monoisotopic (exact) mass is 267 g/mol. The van der Waals surface area contributed by atoms with Gasteiger partial charge in [0, 0.05) is 19.2 Å². The number of urea groups is 1. The molecule has 0 saturated carbocycles. The van der Waals surface area contributed by atoms with E-state index in [2.05, 4.69) is 17.4 Å². The second kappa shape index (κ2) is 6.06. The van der Waals surface area contributed by atoms with Crippen LogP contribution in [0.4, 0.5) is 4.79 Å². The first-order valence-electron chi connectivity index (χ1n) is 6.69. The molecule has 0 aromatic carbocycles. The topological polar surface area (TPSA) is 67.6 Å². The van der Waals surface area contributed by atoms with E-state index in [1.807, 2.05) is 19.9 Å². The number of ether oxygens (including phenoxy) is 1. The fraction of sp³-hybridized carbons (Fsp3) is 0.692. The number of nitrogens with one attached hydrogen (secondary N) is 1. The number of carbonyl (C=O) groups excluding carboxylic acids is 1. The van der Waals surface area contributed by atoms with Gasteiger partial charge in [0.15, 0.2) is 5.76 Å². The summed E-state index contributed by atoms with van der Waals surface area (Å²) < 4.78 is 10.8. The van der Waals surface area contributed by atoms with Crippen LogP contribution >= 0.6 is 0 Å². The van der Waals surface area contributed by atoms with Crippen LogP contribution in [-0.4, -0.2) is 41.4 Å². The molecule has 106 valence electrons. The van der Waals surface area contributed by atoms with Crippen LogP contribution in [0, 0.1) is 6.92 Å². The molecular formula is C13H21N3O3. The number of hydrogen-bond donors (Lipinski definition) is 1. The lowest BCUT2D eigenvalue weighted by atomic mass is 10.2. The molecule has 1 saturated heterocycles. The predicted octanol–water partition coefficient (Wildman–Crippen LogP) is 1.69. The van der Waals surface area contributed by atoms with Gasteiger partial charge in [-0.25, -0.2) is 4.79 Å². The summed E-state index contributed by atoms with van der Waals surface area (Å²) in [5.74, 6) is 0.666. The zero-order valence-electron chi connectivity index (χ0n) is 11.7. The molecule has 0 bridgehead atoms. The molecule has 19 heavy (non-hydrogen) atoms. The summed E-state index contributed by atoms with van der Waals surface area (Å²) >= 11 is 0. The highest BCUT2D eigenvalue weighted by atomic mass is 16.5. The SMILES string of the molecule is CCC1CN(C(=O)NCc2cc(C)no2)CC(C)O1. The van der Waals surface area contributed by atoms with E-state index in [1.165, 1.54) is 0 Å². The van der Waals surface area contributed by atoms with Gasteiger partial charge in [-0.3, -0.25) is 0 Å². The van der Waals surface area contributed by atoms with E-state index in [9.17, 15) is 4.79 Å². The van der Waals surface area contributed by atoms with E-state index in [4.69, 9.17) is 9.26 Å². The Hall–Kier alpha value is -1.56. The highest BCUT2D eigenvalue weighted by molar-refractivity contribution is 5.74. The number of nitrogens with zero attached hydrogens (tertiary/aromatic N) is 2. The van der Waals surface area contributed by atoms with Crippen LogP contribution < -0.4 is 5.32 Å². The number of amides is 2. The molecule has 1 N–H and O–H groups in total. The molecule has 2 unspecified atom stereocenters. The molecule has 0 aliphatic carbocycles. The van der Waals surface area contributed by atoms with Crippen LogP contribution in [0.1, 0.15) is 31.7 Å². The van der Waals surface area contributed by atoms with Crippen molar-refractivity contribution in [3.8, 4) is 0 Å². The van der Waals surface area contributed by atoms with E-state index < -0.39 is 0 Å². The molecule has 1 fully saturated rings. The third-order valence-corrected chi connectivity index (χ3v) is 3.16. The fourth-order valence-corrected chi connectivity index (χ4v) is 2.21. The third-order valence-electron chi connectivity index (χ3n) is 3.16. The van der Waals surface area contributed by atoms with Crippen molar-refractivity contribution >= 4 is 6.03 Å². The van der Waals surface area contributed by atoms with Crippen molar-refractivity contribution in [3.05, 3.63) is 17.5 Å². The fourth-order valence-electron chi connectivity index (χ4n) is 2.21. The minimum atomic E-state index is -0.0809. The number of carbonyl (C=O) groups is 1. The number of rotatable bonds is 3. The average molecular weight is 267 g/mol. The zero-order valence-corrected chi connectivity index (χ0v) is 11.7. The summed E-state index contributed by atoms with van der Waals surface area (Å²) in [4.78, 5) is 13.9. The van der Waals surface area contributed by atoms with Crippen LogP contribution in [0.5, 0.6) is 0 Å². The van der Waals surface area contributed by atoms with Crippen LogP contribution in [0.15, 0.2) is 10.6 Å². The molecule has 2 atom stereocenters. The maximum absolute atomic E-state index is 12.1. The second-order valence-corrected chi connectivity index (χ2v) is 4.98. The lowest BCUT2D eigenvalue weighted by Gasteiger charge is -2.36. The van der Waals surface area contributed by atoms with Gasteiger partial charge in [-0.15, -0.1) is 0 Å². The van der Waals surface area contributed by atoms with Gasteiger partial charge in [0.2, 0.25) is 0 Å². The van der Waals surface area contributed by atoms with Crippen molar-refractivity contribution in [1.29, 1.82) is 0 Å². The third kappa shape index (κ3) is 3.70. The Labute approximate surface area is 113 Å². The van der Waals surface area contributed by atoms with E-state index in [-0.39, 0.29) is 18.2 Å². The van der Waals surface area contributed by atoms with Gasteiger partial charge in [0.1, 0.15) is 0 Å². The van der Waals surface area contributed by atoms with E-state index >= 15 is 0 Å². The Morgan fingerprint density at radius 1 is 1.58 bits per heavy atom. The summed E-state index contributed by atoms with van der Waals surface area (Å²) in [6.07, 6.45) is 1.12. The number of morpholine rings is 1. The molecule has 2 heterocycles. The van der Waals surface area contributed by atoms with Crippen molar-refractivity contribution < 1.29 is 14.1 Å². The van der Waals surface area contributed by atoms with Crippen molar-refractivity contribution in [2.75, 3.05) is 13.1 Å². The Bertz CT molecular complexity index is 433. The molecule has 1 aliphatic rings. The number of aromatic nitrogens is 1. The maximum Gasteiger partial charge on any atom is 0.317 e. The van der Waals surface area contributed by atoms with Gasteiger partial charge in [0.05, 0.1) is 24.4 Å². The van der Waals surface area contributed by atoms with Crippen molar-refractivity contribution in [2.45, 2.75) is 45.9 Å². The summed E-state index contributed by atoms with van der Waals surface area (Å²) in [5.41, 5.74) is 0.815. The molecule has 1 aromatic rings. The molecule has 6 heteroatoms. The summed E-state index contributed by atoms with van der Waals surface area (Å²) in [5, 5.41) is 6.63. The largest absolute Gasteiger partial charge is 0.372 e. The summed E-state index contributed by atoms with van der Waals surface area (Å²) in [6.45, 7) is 7.53. The van der Waals surface area contributed by atoms with Gasteiger partial charge in [-0.1, -0.05) is 12.1 Å². The molecule has 2 rings (SSSR count). The molecule has 0 spiro atoms. The van der Waals surface area contributed by atoms with Crippen molar-refractivity contribution in [1.82, 2.24) is 15.4 Å². The van der Waals surface area contributed by atoms with Crippen LogP contribution in [0.25, 0.3) is 0 Å². The van der Waals surface area contributed by atoms with Crippen LogP contribution in [0.3, 0.4) is 0 Å². The normalized spacial score (nSPS) is 23.4. The number of hydrogen-bond acceptors (Lipinski definition) is 4. The second-order valence-electron chi connectivity index (χ2n) is 4.98. The summed E-state index contributed by atoms with van der Waals surface area (Å²) in [6, 6.07) is 1.74. The van der Waals surface area contributed by atoms with E-state index in [1.54, 1.807) is 4.90 Å². The molecule has 6 nitrogen and oxygen atoms in total. The Morgan fingerprint density at radius 2 is 2.37 bits per heavy atom. The molecular weight excluding hydrogens is 246 g/mol. The van der Waals surface area contributed by atoms with Gasteiger partial charge in [-0.05, 0) is 20.3 Å². The Balaban J connectivity index is 1.85. The quantitative estimate of drug-likeness (QED) is 0.905. The minimum absolute atomic E-state index is 0.0805. The predicted molar refractivity (Wildman–Crippen MR) is 69.7 cm³/mol. The van der Waals surface area contributed by atoms with E-state index in [0.29, 0.717) is 25.4 Å². The maximum atomic E-state index is 12.1. The van der Waals surface area contributed by atoms with Gasteiger partial charge >= 0.3 is 6.03 Å².